The highest BCUT2D eigenvalue weighted by molar-refractivity contribution is 7.16. The Morgan fingerprint density at radius 1 is 1.05 bits per heavy atom. The molecule has 10 heteroatoms. The van der Waals surface area contributed by atoms with Crippen molar-refractivity contribution in [2.75, 3.05) is 19.0 Å². The summed E-state index contributed by atoms with van der Waals surface area (Å²) in [6, 6.07) is 17.2. The normalized spacial score (nSPS) is 12.6. The van der Waals surface area contributed by atoms with Crippen LogP contribution in [0.2, 0.25) is 0 Å². The standard InChI is InChI=1S/C29H26F3N5OS/c1-17(21-6-4-5-7-22(21)29(30,31)32)12-20-15-26(39-27(20)28(33)38)37-16-35-23-13-18(8-9-24(23)37)19-10-11-34-25(14-19)36(2)3/h4-11,13-17H,12H2,1-3H3,(H2,33,38)/t17-/m0/s1. The molecule has 0 radical (unpaired) electrons. The molecule has 0 bridgehead atoms. The highest BCUT2D eigenvalue weighted by Crippen LogP contribution is 2.38. The highest BCUT2D eigenvalue weighted by atomic mass is 32.1. The van der Waals surface area contributed by atoms with Crippen LogP contribution in [0.1, 0.15) is 39.2 Å². The number of pyridine rings is 1. The molecule has 2 N–H and O–H groups in total. The maximum Gasteiger partial charge on any atom is 0.416 e. The Bertz CT molecular complexity index is 1670. The molecule has 0 saturated heterocycles. The van der Waals surface area contributed by atoms with E-state index in [-0.39, 0.29) is 12.0 Å². The number of thiophene rings is 1. The third kappa shape index (κ3) is 5.24. The molecule has 6 nitrogen and oxygen atoms in total. The lowest BCUT2D eigenvalue weighted by Crippen LogP contribution is -2.14. The number of primary amides is 1. The number of aromatic nitrogens is 3. The number of carbonyl (C=O) groups excluding carboxylic acids is 1. The summed E-state index contributed by atoms with van der Waals surface area (Å²) in [5, 5.41) is 0.712. The number of fused-ring (bicyclic) bond motifs is 1. The first-order valence-corrected chi connectivity index (χ1v) is 13.0. The van der Waals surface area contributed by atoms with E-state index in [1.807, 2.05) is 60.0 Å². The monoisotopic (exact) mass is 549 g/mol. The van der Waals surface area contributed by atoms with Gasteiger partial charge in [0.1, 0.15) is 17.1 Å². The Balaban J connectivity index is 1.49. The molecule has 1 atom stereocenters. The second kappa shape index (κ2) is 10.2. The van der Waals surface area contributed by atoms with Crippen molar-refractivity contribution in [1.82, 2.24) is 14.5 Å². The Morgan fingerprint density at radius 3 is 2.51 bits per heavy atom. The molecule has 2 aromatic carbocycles. The lowest BCUT2D eigenvalue weighted by molar-refractivity contribution is -0.138. The van der Waals surface area contributed by atoms with Crippen LogP contribution < -0.4 is 10.6 Å². The number of hydrogen-bond donors (Lipinski definition) is 1. The summed E-state index contributed by atoms with van der Waals surface area (Å²) in [6.45, 7) is 1.72. The SMILES string of the molecule is C[C@@H](Cc1cc(-n2cnc3cc(-c4ccnc(N(C)C)c4)ccc32)sc1C(N)=O)c1ccccc1C(F)(F)F. The fourth-order valence-corrected chi connectivity index (χ4v) is 5.76. The molecule has 200 valence electrons. The number of alkyl halides is 3. The van der Waals surface area contributed by atoms with Gasteiger partial charge in [-0.3, -0.25) is 9.36 Å². The van der Waals surface area contributed by atoms with Gasteiger partial charge in [-0.2, -0.15) is 13.2 Å². The van der Waals surface area contributed by atoms with Crippen molar-refractivity contribution >= 4 is 34.1 Å². The smallest absolute Gasteiger partial charge is 0.365 e. The van der Waals surface area contributed by atoms with Gasteiger partial charge in [-0.25, -0.2) is 9.97 Å². The summed E-state index contributed by atoms with van der Waals surface area (Å²) in [5.41, 5.74) is 9.40. The number of halogens is 3. The average Bonchev–Trinajstić information content (AvgIpc) is 3.52. The number of carbonyl (C=O) groups is 1. The Kier molecular flexibility index (Phi) is 6.90. The third-order valence-corrected chi connectivity index (χ3v) is 7.86. The van der Waals surface area contributed by atoms with E-state index in [0.29, 0.717) is 15.4 Å². The minimum Gasteiger partial charge on any atom is -0.365 e. The van der Waals surface area contributed by atoms with Gasteiger partial charge in [-0.1, -0.05) is 31.2 Å². The van der Waals surface area contributed by atoms with Gasteiger partial charge in [-0.05, 0) is 71.0 Å². The van der Waals surface area contributed by atoms with Gasteiger partial charge >= 0.3 is 6.18 Å². The van der Waals surface area contributed by atoms with E-state index < -0.39 is 23.6 Å². The zero-order chi connectivity index (χ0) is 27.9. The van der Waals surface area contributed by atoms with Gasteiger partial charge in [0.15, 0.2) is 0 Å². The largest absolute Gasteiger partial charge is 0.416 e. The third-order valence-electron chi connectivity index (χ3n) is 6.66. The van der Waals surface area contributed by atoms with E-state index in [0.717, 1.165) is 34.0 Å². The first kappa shape index (κ1) is 26.4. The number of amides is 1. The van der Waals surface area contributed by atoms with Crippen molar-refractivity contribution in [1.29, 1.82) is 0 Å². The molecule has 0 aliphatic heterocycles. The number of nitrogens with zero attached hydrogens (tertiary/aromatic N) is 4. The predicted molar refractivity (Wildman–Crippen MR) is 149 cm³/mol. The first-order chi connectivity index (χ1) is 18.5. The number of benzene rings is 2. The quantitative estimate of drug-likeness (QED) is 0.246. The summed E-state index contributed by atoms with van der Waals surface area (Å²) in [4.78, 5) is 23.5. The molecule has 0 spiro atoms. The highest BCUT2D eigenvalue weighted by Gasteiger charge is 2.34. The molecule has 0 fully saturated rings. The molecule has 1 amide bonds. The lowest BCUT2D eigenvalue weighted by atomic mass is 9.90. The summed E-state index contributed by atoms with van der Waals surface area (Å²) in [7, 11) is 3.87. The Labute approximate surface area is 227 Å². The maximum absolute atomic E-state index is 13.6. The van der Waals surface area contributed by atoms with Crippen molar-refractivity contribution in [2.24, 2.45) is 5.73 Å². The molecule has 0 aliphatic carbocycles. The second-order valence-electron chi connectivity index (χ2n) is 9.61. The zero-order valence-electron chi connectivity index (χ0n) is 21.5. The van der Waals surface area contributed by atoms with Crippen LogP contribution in [0.4, 0.5) is 19.0 Å². The van der Waals surface area contributed by atoms with Gasteiger partial charge in [0.25, 0.3) is 5.91 Å². The molecular weight excluding hydrogens is 523 g/mol. The van der Waals surface area contributed by atoms with Crippen LogP contribution in [0.25, 0.3) is 27.2 Å². The summed E-state index contributed by atoms with van der Waals surface area (Å²) in [5.74, 6) is -0.258. The van der Waals surface area contributed by atoms with Gasteiger partial charge in [0.05, 0.1) is 21.5 Å². The molecule has 5 rings (SSSR count). The zero-order valence-corrected chi connectivity index (χ0v) is 22.3. The number of hydrogen-bond acceptors (Lipinski definition) is 5. The van der Waals surface area contributed by atoms with Crippen molar-refractivity contribution in [2.45, 2.75) is 25.4 Å². The van der Waals surface area contributed by atoms with Crippen molar-refractivity contribution in [3.8, 4) is 16.1 Å². The number of rotatable bonds is 7. The summed E-state index contributed by atoms with van der Waals surface area (Å²) < 4.78 is 42.7. The minimum atomic E-state index is -4.46. The summed E-state index contributed by atoms with van der Waals surface area (Å²) >= 11 is 1.21. The first-order valence-electron chi connectivity index (χ1n) is 12.2. The van der Waals surface area contributed by atoms with E-state index in [4.69, 9.17) is 5.73 Å². The van der Waals surface area contributed by atoms with Crippen LogP contribution in [-0.2, 0) is 12.6 Å². The van der Waals surface area contributed by atoms with Crippen LogP contribution in [0, 0.1) is 0 Å². The van der Waals surface area contributed by atoms with Gasteiger partial charge in [0.2, 0.25) is 0 Å². The van der Waals surface area contributed by atoms with E-state index >= 15 is 0 Å². The number of anilines is 1. The lowest BCUT2D eigenvalue weighted by Gasteiger charge is -2.18. The van der Waals surface area contributed by atoms with Crippen molar-refractivity contribution < 1.29 is 18.0 Å². The Morgan fingerprint density at radius 2 is 1.79 bits per heavy atom. The van der Waals surface area contributed by atoms with Crippen LogP contribution in [-0.4, -0.2) is 34.5 Å². The van der Waals surface area contributed by atoms with Crippen molar-refractivity contribution in [3.05, 3.63) is 94.8 Å². The van der Waals surface area contributed by atoms with E-state index in [1.54, 1.807) is 25.5 Å². The fourth-order valence-electron chi connectivity index (χ4n) is 4.73. The van der Waals surface area contributed by atoms with Crippen LogP contribution in [0.5, 0.6) is 0 Å². The second-order valence-corrected chi connectivity index (χ2v) is 10.6. The number of imidazole rings is 1. The minimum absolute atomic E-state index is 0.183. The van der Waals surface area contributed by atoms with Crippen LogP contribution >= 0.6 is 11.3 Å². The van der Waals surface area contributed by atoms with Crippen LogP contribution in [0.15, 0.2) is 73.2 Å². The molecule has 3 aromatic heterocycles. The van der Waals surface area contributed by atoms with Crippen molar-refractivity contribution in [3.63, 3.8) is 0 Å². The molecule has 0 aliphatic rings. The number of nitrogens with two attached hydrogens (primary N) is 1. The Hall–Kier alpha value is -4.18. The molecular formula is C29H26F3N5OS. The average molecular weight is 550 g/mol. The van der Waals surface area contributed by atoms with Gasteiger partial charge in [0, 0.05) is 20.3 Å². The topological polar surface area (TPSA) is 77.0 Å². The fraction of sp³-hybridized carbons (Fsp3) is 0.207. The van der Waals surface area contributed by atoms with E-state index in [1.165, 1.54) is 23.5 Å². The summed E-state index contributed by atoms with van der Waals surface area (Å²) in [6.07, 6.45) is -0.792. The predicted octanol–water partition coefficient (Wildman–Crippen LogP) is 6.68. The van der Waals surface area contributed by atoms with Crippen LogP contribution in [0.3, 0.4) is 0 Å². The molecule has 3 heterocycles. The molecule has 5 aromatic rings. The maximum atomic E-state index is 13.6. The van der Waals surface area contributed by atoms with Gasteiger partial charge in [-0.15, -0.1) is 11.3 Å². The molecule has 39 heavy (non-hydrogen) atoms. The van der Waals surface area contributed by atoms with Gasteiger partial charge < -0.3 is 10.6 Å². The van der Waals surface area contributed by atoms with E-state index in [9.17, 15) is 18.0 Å². The molecule has 0 unspecified atom stereocenters. The van der Waals surface area contributed by atoms with E-state index in [2.05, 4.69) is 9.97 Å². The molecule has 0 saturated carbocycles.